The molecule has 0 saturated carbocycles. The van der Waals surface area contributed by atoms with E-state index in [0.29, 0.717) is 24.0 Å². The molecule has 9 nitrogen and oxygen atoms in total. The Hall–Kier alpha value is -3.89. The summed E-state index contributed by atoms with van der Waals surface area (Å²) in [6, 6.07) is 9.47. The van der Waals surface area contributed by atoms with E-state index in [1.54, 1.807) is 6.07 Å². The van der Waals surface area contributed by atoms with Crippen LogP contribution in [0.4, 0.5) is 15.8 Å². The Morgan fingerprint density at radius 2 is 1.93 bits per heavy atom. The Kier molecular flexibility index (Phi) is 9.04. The lowest BCUT2D eigenvalue weighted by Gasteiger charge is -2.38. The number of hydrogen-bond acceptors (Lipinski definition) is 7. The van der Waals surface area contributed by atoms with Gasteiger partial charge in [0.05, 0.1) is 35.2 Å². The van der Waals surface area contributed by atoms with E-state index in [1.807, 2.05) is 26.8 Å². The summed E-state index contributed by atoms with van der Waals surface area (Å²) in [6.45, 7) is 5.37. The molecule has 1 fully saturated rings. The van der Waals surface area contributed by atoms with E-state index in [2.05, 4.69) is 0 Å². The highest BCUT2D eigenvalue weighted by Crippen LogP contribution is 2.49. The SMILES string of the molecule is CC/C(=C\c1ccc(O)c(F)c1)CC[C@@H](O)C1=C(C(C)C)C[C@H]2C(=O)N(c3cccc([N+](=O)[O-])c3)C(=O)[C@H]2[C@H]1CO. The van der Waals surface area contributed by atoms with E-state index in [1.165, 1.54) is 36.4 Å². The van der Waals surface area contributed by atoms with Gasteiger partial charge in [-0.2, -0.15) is 0 Å². The number of benzene rings is 2. The first-order chi connectivity index (χ1) is 19.5. The number of aromatic hydroxyl groups is 1. The van der Waals surface area contributed by atoms with Gasteiger partial charge in [-0.05, 0) is 60.9 Å². The van der Waals surface area contributed by atoms with E-state index in [9.17, 15) is 39.4 Å². The van der Waals surface area contributed by atoms with Gasteiger partial charge in [0.1, 0.15) is 0 Å². The molecule has 1 aliphatic carbocycles. The van der Waals surface area contributed by atoms with Crippen LogP contribution in [-0.2, 0) is 9.59 Å². The number of aliphatic hydroxyl groups is 2. The zero-order chi connectivity index (χ0) is 30.0. The lowest BCUT2D eigenvalue weighted by molar-refractivity contribution is -0.384. The van der Waals surface area contributed by atoms with Crippen molar-refractivity contribution in [3.63, 3.8) is 0 Å². The van der Waals surface area contributed by atoms with E-state index >= 15 is 0 Å². The molecule has 2 aliphatic rings. The molecule has 1 heterocycles. The molecular weight excluding hydrogens is 531 g/mol. The first kappa shape index (κ1) is 30.1. The van der Waals surface area contributed by atoms with Crippen molar-refractivity contribution in [1.29, 1.82) is 0 Å². The Morgan fingerprint density at radius 3 is 2.54 bits per heavy atom. The predicted molar refractivity (Wildman–Crippen MR) is 151 cm³/mol. The third-order valence-corrected chi connectivity index (χ3v) is 8.21. The average molecular weight is 567 g/mol. The summed E-state index contributed by atoms with van der Waals surface area (Å²) in [7, 11) is 0. The first-order valence-electron chi connectivity index (χ1n) is 13.8. The molecule has 1 saturated heterocycles. The number of amides is 2. The molecule has 2 aromatic carbocycles. The number of non-ortho nitro benzene ring substituents is 1. The van der Waals surface area contributed by atoms with Gasteiger partial charge in [-0.1, -0.05) is 50.1 Å². The number of allylic oxidation sites excluding steroid dienone is 2. The van der Waals surface area contributed by atoms with Crippen molar-refractivity contribution in [2.75, 3.05) is 11.5 Å². The largest absolute Gasteiger partial charge is 0.505 e. The molecule has 2 amide bonds. The average Bonchev–Trinajstić information content (AvgIpc) is 3.20. The number of nitro groups is 1. The number of anilines is 1. The molecule has 1 aliphatic heterocycles. The Labute approximate surface area is 237 Å². The fraction of sp³-hybridized carbons (Fsp3) is 0.419. The molecular formula is C31H35FN2O7. The van der Waals surface area contributed by atoms with Crippen molar-refractivity contribution in [3.8, 4) is 5.75 Å². The topological polar surface area (TPSA) is 141 Å². The summed E-state index contributed by atoms with van der Waals surface area (Å²) in [5, 5.41) is 42.7. The van der Waals surface area contributed by atoms with Crippen LogP contribution in [0.3, 0.4) is 0 Å². The molecule has 4 rings (SSSR count). The molecule has 0 unspecified atom stereocenters. The minimum absolute atomic E-state index is 0.0643. The number of halogens is 1. The number of phenolic OH excluding ortho intramolecular Hbond substituents is 1. The van der Waals surface area contributed by atoms with Gasteiger partial charge in [-0.15, -0.1) is 0 Å². The predicted octanol–water partition coefficient (Wildman–Crippen LogP) is 5.14. The number of aliphatic hydroxyl groups excluding tert-OH is 2. The molecule has 4 atom stereocenters. The maximum Gasteiger partial charge on any atom is 0.271 e. The third kappa shape index (κ3) is 5.94. The second-order valence-electron chi connectivity index (χ2n) is 11.0. The lowest BCUT2D eigenvalue weighted by Crippen LogP contribution is -2.39. The summed E-state index contributed by atoms with van der Waals surface area (Å²) in [4.78, 5) is 38.9. The van der Waals surface area contributed by atoms with Gasteiger partial charge in [0.15, 0.2) is 11.6 Å². The molecule has 41 heavy (non-hydrogen) atoms. The van der Waals surface area contributed by atoms with Crippen LogP contribution in [0.2, 0.25) is 0 Å². The van der Waals surface area contributed by atoms with Crippen LogP contribution in [-0.4, -0.2) is 44.8 Å². The fourth-order valence-corrected chi connectivity index (χ4v) is 6.12. The number of phenols is 1. The van der Waals surface area contributed by atoms with Crippen LogP contribution in [0, 0.1) is 39.6 Å². The van der Waals surface area contributed by atoms with E-state index in [-0.39, 0.29) is 30.1 Å². The van der Waals surface area contributed by atoms with Gasteiger partial charge in [-0.3, -0.25) is 19.7 Å². The number of nitro benzene ring substituents is 1. The second kappa shape index (κ2) is 12.3. The molecule has 218 valence electrons. The number of rotatable bonds is 10. The first-order valence-corrected chi connectivity index (χ1v) is 13.8. The zero-order valence-electron chi connectivity index (χ0n) is 23.3. The molecule has 0 radical (unpaired) electrons. The van der Waals surface area contributed by atoms with Crippen LogP contribution in [0.15, 0.2) is 59.2 Å². The Morgan fingerprint density at radius 1 is 1.20 bits per heavy atom. The molecule has 10 heteroatoms. The molecule has 0 spiro atoms. The Bertz CT molecular complexity index is 1420. The van der Waals surface area contributed by atoms with E-state index in [4.69, 9.17) is 0 Å². The summed E-state index contributed by atoms with van der Waals surface area (Å²) < 4.78 is 13.8. The Balaban J connectivity index is 1.62. The minimum Gasteiger partial charge on any atom is -0.505 e. The molecule has 0 aromatic heterocycles. The van der Waals surface area contributed by atoms with Gasteiger partial charge in [0.25, 0.3) is 5.69 Å². The summed E-state index contributed by atoms with van der Waals surface area (Å²) in [5.41, 5.74) is 2.78. The highest BCUT2D eigenvalue weighted by Gasteiger charge is 2.55. The minimum atomic E-state index is -0.994. The van der Waals surface area contributed by atoms with Gasteiger partial charge in [0, 0.05) is 18.1 Å². The third-order valence-electron chi connectivity index (χ3n) is 8.21. The summed E-state index contributed by atoms with van der Waals surface area (Å²) in [6.07, 6.45) is 2.45. The highest BCUT2D eigenvalue weighted by atomic mass is 19.1. The van der Waals surface area contributed by atoms with Crippen molar-refractivity contribution in [1.82, 2.24) is 0 Å². The normalized spacial score (nSPS) is 22.0. The van der Waals surface area contributed by atoms with Crippen molar-refractivity contribution < 1.29 is 34.2 Å². The number of hydrogen-bond donors (Lipinski definition) is 3. The van der Waals surface area contributed by atoms with E-state index in [0.717, 1.165) is 16.0 Å². The molecule has 0 bridgehead atoms. The van der Waals surface area contributed by atoms with Crippen LogP contribution < -0.4 is 4.90 Å². The highest BCUT2D eigenvalue weighted by molar-refractivity contribution is 6.22. The van der Waals surface area contributed by atoms with Crippen LogP contribution in [0.5, 0.6) is 5.75 Å². The van der Waals surface area contributed by atoms with Gasteiger partial charge >= 0.3 is 0 Å². The zero-order valence-corrected chi connectivity index (χ0v) is 23.3. The monoisotopic (exact) mass is 566 g/mol. The van der Waals surface area contributed by atoms with Crippen molar-refractivity contribution in [2.24, 2.45) is 23.7 Å². The molecule has 2 aromatic rings. The van der Waals surface area contributed by atoms with Gasteiger partial charge in [0.2, 0.25) is 11.8 Å². The number of imide groups is 1. The van der Waals surface area contributed by atoms with Crippen LogP contribution in [0.25, 0.3) is 6.08 Å². The number of fused-ring (bicyclic) bond motifs is 1. The van der Waals surface area contributed by atoms with Crippen LogP contribution >= 0.6 is 0 Å². The van der Waals surface area contributed by atoms with Crippen molar-refractivity contribution in [2.45, 2.75) is 52.6 Å². The maximum atomic E-state index is 13.8. The van der Waals surface area contributed by atoms with E-state index < -0.39 is 58.8 Å². The number of carbonyl (C=O) groups is 2. The lowest BCUT2D eigenvalue weighted by atomic mass is 9.66. The number of nitrogens with zero attached hydrogens (tertiary/aromatic N) is 2. The molecule has 3 N–H and O–H groups in total. The number of carbonyl (C=O) groups excluding carboxylic acids is 2. The van der Waals surface area contributed by atoms with Crippen LogP contribution in [0.1, 0.15) is 52.0 Å². The maximum absolute atomic E-state index is 13.8. The quantitative estimate of drug-likeness (QED) is 0.156. The fourth-order valence-electron chi connectivity index (χ4n) is 6.12. The van der Waals surface area contributed by atoms with Crippen molar-refractivity contribution in [3.05, 3.63) is 80.7 Å². The smallest absolute Gasteiger partial charge is 0.271 e. The van der Waals surface area contributed by atoms with Gasteiger partial charge < -0.3 is 15.3 Å². The standard InChI is InChI=1S/C31H35FN2O7/c1-4-18(12-19-9-10-26(36)25(32)13-19)8-11-27(37)28-22(17(2)3)15-23-29(24(28)16-35)31(39)33(30(23)38)20-6-5-7-21(14-20)34(40)41/h5-7,9-10,12-14,17,23-24,27,29,35-37H,4,8,11,15-16H2,1-3H3/b18-12+/t23-,24+,27-,29-/m1/s1. The van der Waals surface area contributed by atoms with Crippen molar-refractivity contribution >= 4 is 29.3 Å². The second-order valence-corrected chi connectivity index (χ2v) is 11.0. The van der Waals surface area contributed by atoms with Gasteiger partial charge in [-0.25, -0.2) is 9.29 Å². The summed E-state index contributed by atoms with van der Waals surface area (Å²) >= 11 is 0. The summed E-state index contributed by atoms with van der Waals surface area (Å²) in [5.74, 6) is -4.68.